The van der Waals surface area contributed by atoms with Crippen LogP contribution in [0.3, 0.4) is 0 Å². The number of thiophene rings is 1. The third-order valence-electron chi connectivity index (χ3n) is 4.98. The van der Waals surface area contributed by atoms with E-state index in [4.69, 9.17) is 17.3 Å². The van der Waals surface area contributed by atoms with Crippen LogP contribution in [0.4, 0.5) is 5.00 Å². The fourth-order valence-corrected chi connectivity index (χ4v) is 4.99. The number of nitrogen functional groups attached to an aromatic ring is 1. The number of amides is 1. The van der Waals surface area contributed by atoms with Gasteiger partial charge in [-0.3, -0.25) is 9.69 Å². The van der Waals surface area contributed by atoms with Crippen molar-refractivity contribution in [1.29, 1.82) is 0 Å². The Morgan fingerprint density at radius 2 is 1.90 bits per heavy atom. The van der Waals surface area contributed by atoms with Gasteiger partial charge in [-0.2, -0.15) is 0 Å². The van der Waals surface area contributed by atoms with Crippen LogP contribution in [0.25, 0.3) is 0 Å². The van der Waals surface area contributed by atoms with Gasteiger partial charge in [-0.1, -0.05) is 54.1 Å². The molecule has 0 saturated carbocycles. The maximum atomic E-state index is 12.8. The van der Waals surface area contributed by atoms with E-state index in [9.17, 15) is 4.79 Å². The van der Waals surface area contributed by atoms with Crippen molar-refractivity contribution in [3.63, 3.8) is 0 Å². The SMILES string of the molecule is Cl.Nc1sc2c(c1C(=O)NCc1cccc(Cl)c1)CCN(Cc1ccccc1)C2. The zero-order valence-electron chi connectivity index (χ0n) is 15.9. The molecule has 29 heavy (non-hydrogen) atoms. The summed E-state index contributed by atoms with van der Waals surface area (Å²) >= 11 is 7.55. The molecular formula is C22H23Cl2N3OS. The quantitative estimate of drug-likeness (QED) is 0.584. The summed E-state index contributed by atoms with van der Waals surface area (Å²) in [6.45, 7) is 3.10. The lowest BCUT2D eigenvalue weighted by molar-refractivity contribution is 0.0950. The van der Waals surface area contributed by atoms with Gasteiger partial charge >= 0.3 is 0 Å². The summed E-state index contributed by atoms with van der Waals surface area (Å²) in [5, 5.41) is 4.26. The summed E-state index contributed by atoms with van der Waals surface area (Å²) in [4.78, 5) is 16.4. The second kappa shape index (κ2) is 9.63. The van der Waals surface area contributed by atoms with Crippen LogP contribution in [0.1, 0.15) is 31.9 Å². The number of hydrogen-bond donors (Lipinski definition) is 2. The van der Waals surface area contributed by atoms with Crippen molar-refractivity contribution < 1.29 is 4.79 Å². The molecule has 1 aliphatic heterocycles. The Bertz CT molecular complexity index is 991. The number of nitrogens with one attached hydrogen (secondary N) is 1. The molecule has 4 rings (SSSR count). The molecule has 0 saturated heterocycles. The van der Waals surface area contributed by atoms with E-state index >= 15 is 0 Å². The molecule has 152 valence electrons. The first-order chi connectivity index (χ1) is 13.6. The summed E-state index contributed by atoms with van der Waals surface area (Å²) in [6, 6.07) is 18.0. The molecule has 2 heterocycles. The summed E-state index contributed by atoms with van der Waals surface area (Å²) in [5.41, 5.74) is 10.3. The second-order valence-electron chi connectivity index (χ2n) is 7.00. The smallest absolute Gasteiger partial charge is 0.254 e. The van der Waals surface area contributed by atoms with Gasteiger partial charge in [0.25, 0.3) is 5.91 Å². The van der Waals surface area contributed by atoms with Crippen molar-refractivity contribution in [1.82, 2.24) is 10.2 Å². The van der Waals surface area contributed by atoms with E-state index in [0.717, 1.165) is 37.2 Å². The summed E-state index contributed by atoms with van der Waals surface area (Å²) in [7, 11) is 0. The summed E-state index contributed by atoms with van der Waals surface area (Å²) in [6.07, 6.45) is 0.843. The number of benzene rings is 2. The Kier molecular flexibility index (Phi) is 7.19. The topological polar surface area (TPSA) is 58.4 Å². The van der Waals surface area contributed by atoms with Crippen molar-refractivity contribution in [3.05, 3.63) is 86.8 Å². The highest BCUT2D eigenvalue weighted by Crippen LogP contribution is 2.35. The second-order valence-corrected chi connectivity index (χ2v) is 8.58. The van der Waals surface area contributed by atoms with Gasteiger partial charge in [0.15, 0.2) is 0 Å². The van der Waals surface area contributed by atoms with Crippen LogP contribution in [0.5, 0.6) is 0 Å². The first-order valence-corrected chi connectivity index (χ1v) is 10.5. The Morgan fingerprint density at radius 3 is 2.66 bits per heavy atom. The van der Waals surface area contributed by atoms with Gasteiger partial charge < -0.3 is 11.1 Å². The molecular weight excluding hydrogens is 425 g/mol. The minimum Gasteiger partial charge on any atom is -0.390 e. The van der Waals surface area contributed by atoms with Crippen molar-refractivity contribution >= 4 is 46.3 Å². The van der Waals surface area contributed by atoms with Crippen molar-refractivity contribution in [2.24, 2.45) is 0 Å². The van der Waals surface area contributed by atoms with Crippen molar-refractivity contribution in [2.75, 3.05) is 12.3 Å². The molecule has 3 aromatic rings. The molecule has 0 atom stereocenters. The minimum absolute atomic E-state index is 0. The lowest BCUT2D eigenvalue weighted by atomic mass is 10.0. The molecule has 7 heteroatoms. The number of fused-ring (bicyclic) bond motifs is 1. The monoisotopic (exact) mass is 447 g/mol. The first kappa shape index (κ1) is 21.7. The average Bonchev–Trinajstić information content (AvgIpc) is 3.02. The van der Waals surface area contributed by atoms with E-state index in [1.54, 1.807) is 0 Å². The maximum Gasteiger partial charge on any atom is 0.254 e. The molecule has 1 aliphatic rings. The molecule has 4 nitrogen and oxygen atoms in total. The van der Waals surface area contributed by atoms with Crippen LogP contribution in [0, 0.1) is 0 Å². The predicted octanol–water partition coefficient (Wildman–Crippen LogP) is 4.89. The van der Waals surface area contributed by atoms with Gasteiger partial charge in [0.2, 0.25) is 0 Å². The van der Waals surface area contributed by atoms with E-state index in [2.05, 4.69) is 34.5 Å². The van der Waals surface area contributed by atoms with Crippen LogP contribution < -0.4 is 11.1 Å². The fraction of sp³-hybridized carbons (Fsp3) is 0.227. The minimum atomic E-state index is -0.105. The fourth-order valence-electron chi connectivity index (χ4n) is 3.62. The lowest BCUT2D eigenvalue weighted by Crippen LogP contribution is -2.31. The highest BCUT2D eigenvalue weighted by atomic mass is 35.5. The zero-order valence-corrected chi connectivity index (χ0v) is 18.2. The highest BCUT2D eigenvalue weighted by Gasteiger charge is 2.26. The molecule has 0 fully saturated rings. The Morgan fingerprint density at radius 1 is 1.14 bits per heavy atom. The number of anilines is 1. The number of carbonyl (C=O) groups is 1. The lowest BCUT2D eigenvalue weighted by Gasteiger charge is -2.27. The molecule has 0 spiro atoms. The number of halogens is 2. The molecule has 0 aliphatic carbocycles. The molecule has 2 aromatic carbocycles. The molecule has 1 amide bonds. The zero-order chi connectivity index (χ0) is 19.5. The van der Waals surface area contributed by atoms with Crippen molar-refractivity contribution in [2.45, 2.75) is 26.1 Å². The molecule has 0 radical (unpaired) electrons. The number of carbonyl (C=O) groups excluding carboxylic acids is 1. The van der Waals surface area contributed by atoms with Crippen LogP contribution >= 0.6 is 35.3 Å². The number of hydrogen-bond acceptors (Lipinski definition) is 4. The average molecular weight is 448 g/mol. The molecule has 3 N–H and O–H groups in total. The molecule has 0 unspecified atom stereocenters. The Labute approximate surface area is 186 Å². The van der Waals surface area contributed by atoms with Crippen LogP contribution in [0.2, 0.25) is 5.02 Å². The third-order valence-corrected chi connectivity index (χ3v) is 6.26. The summed E-state index contributed by atoms with van der Waals surface area (Å²) < 4.78 is 0. The van der Waals surface area contributed by atoms with Crippen LogP contribution in [-0.2, 0) is 26.1 Å². The first-order valence-electron chi connectivity index (χ1n) is 9.29. The van der Waals surface area contributed by atoms with E-state index in [1.165, 1.54) is 21.8 Å². The third kappa shape index (κ3) is 5.11. The number of rotatable bonds is 5. The van der Waals surface area contributed by atoms with E-state index in [1.807, 2.05) is 30.3 Å². The Hall–Kier alpha value is -2.05. The summed E-state index contributed by atoms with van der Waals surface area (Å²) in [5.74, 6) is -0.105. The van der Waals surface area contributed by atoms with Gasteiger partial charge in [-0.15, -0.1) is 23.7 Å². The highest BCUT2D eigenvalue weighted by molar-refractivity contribution is 7.16. The number of nitrogens with zero attached hydrogens (tertiary/aromatic N) is 1. The van der Waals surface area contributed by atoms with Gasteiger partial charge in [-0.25, -0.2) is 0 Å². The maximum absolute atomic E-state index is 12.8. The number of nitrogens with two attached hydrogens (primary N) is 1. The van der Waals surface area contributed by atoms with Gasteiger partial charge in [0.1, 0.15) is 0 Å². The predicted molar refractivity (Wildman–Crippen MR) is 123 cm³/mol. The van der Waals surface area contributed by atoms with Gasteiger partial charge in [0.05, 0.1) is 10.6 Å². The van der Waals surface area contributed by atoms with Crippen LogP contribution in [-0.4, -0.2) is 17.4 Å². The Balaban J connectivity index is 0.00000240. The van der Waals surface area contributed by atoms with E-state index in [-0.39, 0.29) is 18.3 Å². The molecule has 1 aromatic heterocycles. The van der Waals surface area contributed by atoms with Gasteiger partial charge in [-0.05, 0) is 35.2 Å². The standard InChI is InChI=1S/C22H22ClN3OS.ClH/c23-17-8-4-7-16(11-17)12-25-22(27)20-18-9-10-26(14-19(18)28-21(20)24)13-15-5-2-1-3-6-15;/h1-8,11H,9-10,12-14,24H2,(H,25,27);1H. The van der Waals surface area contributed by atoms with E-state index in [0.29, 0.717) is 22.1 Å². The van der Waals surface area contributed by atoms with Crippen molar-refractivity contribution in [3.8, 4) is 0 Å². The largest absolute Gasteiger partial charge is 0.390 e. The van der Waals surface area contributed by atoms with Crippen LogP contribution in [0.15, 0.2) is 54.6 Å². The normalized spacial score (nSPS) is 13.4. The van der Waals surface area contributed by atoms with E-state index < -0.39 is 0 Å². The molecule has 0 bridgehead atoms. The van der Waals surface area contributed by atoms with Gasteiger partial charge in [0, 0.05) is 36.1 Å².